The average Bonchev–Trinajstić information content (AvgIpc) is 2.05. The van der Waals surface area contributed by atoms with Crippen LogP contribution in [-0.2, 0) is 6.42 Å². The molecule has 1 aromatic carbocycles. The predicted octanol–water partition coefficient (Wildman–Crippen LogP) is 2.93. The van der Waals surface area contributed by atoms with Gasteiger partial charge < -0.3 is 4.74 Å². The number of thiol groups is 1. The second-order valence-corrected chi connectivity index (χ2v) is 3.71. The van der Waals surface area contributed by atoms with E-state index in [2.05, 4.69) is 34.6 Å². The van der Waals surface area contributed by atoms with Crippen LogP contribution in [0.5, 0.6) is 5.75 Å². The molecule has 1 nitrogen and oxygen atoms in total. The van der Waals surface area contributed by atoms with Crippen LogP contribution in [0.15, 0.2) is 22.7 Å². The maximum atomic E-state index is 5.25. The highest BCUT2D eigenvalue weighted by molar-refractivity contribution is 9.10. The number of methoxy groups -OCH3 is 1. The molecular formula is C9H11BrOS. The van der Waals surface area contributed by atoms with Crippen molar-refractivity contribution in [1.29, 1.82) is 0 Å². The molecule has 0 amide bonds. The van der Waals surface area contributed by atoms with Crippen LogP contribution < -0.4 is 4.74 Å². The normalized spacial score (nSPS) is 9.92. The van der Waals surface area contributed by atoms with Crippen molar-refractivity contribution in [2.45, 2.75) is 6.42 Å². The Morgan fingerprint density at radius 3 is 2.83 bits per heavy atom. The summed E-state index contributed by atoms with van der Waals surface area (Å²) in [4.78, 5) is 0. The second-order valence-electron chi connectivity index (χ2n) is 2.41. The van der Waals surface area contributed by atoms with Gasteiger partial charge in [-0.2, -0.15) is 12.6 Å². The minimum atomic E-state index is 0.840. The number of rotatable bonds is 3. The summed E-state index contributed by atoms with van der Waals surface area (Å²) in [5.41, 5.74) is 1.20. The fourth-order valence-electron chi connectivity index (χ4n) is 1.10. The third kappa shape index (κ3) is 2.17. The topological polar surface area (TPSA) is 9.23 Å². The largest absolute Gasteiger partial charge is 0.495 e. The summed E-state index contributed by atoms with van der Waals surface area (Å²) in [6.45, 7) is 0. The SMILES string of the molecule is COc1c(Br)cccc1CCS. The zero-order valence-corrected chi connectivity index (χ0v) is 9.36. The van der Waals surface area contributed by atoms with E-state index in [-0.39, 0.29) is 0 Å². The Kier molecular flexibility index (Phi) is 3.95. The van der Waals surface area contributed by atoms with Gasteiger partial charge in [-0.1, -0.05) is 12.1 Å². The maximum absolute atomic E-state index is 5.25. The molecule has 0 aromatic heterocycles. The molecule has 0 unspecified atom stereocenters. The summed E-state index contributed by atoms with van der Waals surface area (Å²) in [6.07, 6.45) is 0.936. The molecule has 0 saturated heterocycles. The number of hydrogen-bond donors (Lipinski definition) is 1. The number of ether oxygens (including phenoxy) is 1. The van der Waals surface area contributed by atoms with Crippen molar-refractivity contribution >= 4 is 28.6 Å². The van der Waals surface area contributed by atoms with Gasteiger partial charge in [-0.3, -0.25) is 0 Å². The van der Waals surface area contributed by atoms with Gasteiger partial charge in [0, 0.05) is 0 Å². The number of para-hydroxylation sites is 1. The number of aryl methyl sites for hydroxylation is 1. The lowest BCUT2D eigenvalue weighted by Gasteiger charge is -2.08. The summed E-state index contributed by atoms with van der Waals surface area (Å²) in [6, 6.07) is 6.03. The van der Waals surface area contributed by atoms with Gasteiger partial charge in [0.15, 0.2) is 0 Å². The van der Waals surface area contributed by atoms with Crippen molar-refractivity contribution in [3.63, 3.8) is 0 Å². The van der Waals surface area contributed by atoms with E-state index in [4.69, 9.17) is 4.74 Å². The van der Waals surface area contributed by atoms with E-state index in [9.17, 15) is 0 Å². The van der Waals surface area contributed by atoms with Gasteiger partial charge in [-0.25, -0.2) is 0 Å². The third-order valence-electron chi connectivity index (χ3n) is 1.63. The van der Waals surface area contributed by atoms with Crippen molar-refractivity contribution in [3.05, 3.63) is 28.2 Å². The van der Waals surface area contributed by atoms with Crippen LogP contribution in [0.3, 0.4) is 0 Å². The van der Waals surface area contributed by atoms with Crippen molar-refractivity contribution in [1.82, 2.24) is 0 Å². The average molecular weight is 247 g/mol. The zero-order chi connectivity index (χ0) is 8.97. The minimum Gasteiger partial charge on any atom is -0.495 e. The Labute approximate surface area is 86.7 Å². The van der Waals surface area contributed by atoms with Gasteiger partial charge in [0.25, 0.3) is 0 Å². The molecule has 12 heavy (non-hydrogen) atoms. The highest BCUT2D eigenvalue weighted by atomic mass is 79.9. The van der Waals surface area contributed by atoms with Crippen LogP contribution in [0.4, 0.5) is 0 Å². The smallest absolute Gasteiger partial charge is 0.136 e. The summed E-state index contributed by atoms with van der Waals surface area (Å²) in [5.74, 6) is 1.76. The van der Waals surface area contributed by atoms with E-state index >= 15 is 0 Å². The lowest BCUT2D eigenvalue weighted by Crippen LogP contribution is -1.93. The van der Waals surface area contributed by atoms with Crippen LogP contribution in [0.2, 0.25) is 0 Å². The molecule has 0 fully saturated rings. The van der Waals surface area contributed by atoms with Gasteiger partial charge in [0.2, 0.25) is 0 Å². The standard InChI is InChI=1S/C9H11BrOS/c1-11-9-7(5-6-12)3-2-4-8(9)10/h2-4,12H,5-6H2,1H3. The molecule has 1 aromatic rings. The van der Waals surface area contributed by atoms with Crippen molar-refractivity contribution in [3.8, 4) is 5.75 Å². The first-order valence-electron chi connectivity index (χ1n) is 3.72. The van der Waals surface area contributed by atoms with Crippen LogP contribution in [0.1, 0.15) is 5.56 Å². The molecule has 0 aliphatic heterocycles. The Balaban J connectivity index is 3.00. The molecular weight excluding hydrogens is 236 g/mol. The van der Waals surface area contributed by atoms with Crippen LogP contribution in [0, 0.1) is 0 Å². The van der Waals surface area contributed by atoms with E-state index < -0.39 is 0 Å². The van der Waals surface area contributed by atoms with Gasteiger partial charge >= 0.3 is 0 Å². The number of halogens is 1. The summed E-state index contributed by atoms with van der Waals surface area (Å²) in [7, 11) is 1.68. The fourth-order valence-corrected chi connectivity index (χ4v) is 1.91. The Morgan fingerprint density at radius 2 is 2.25 bits per heavy atom. The van der Waals surface area contributed by atoms with Gasteiger partial charge in [0.05, 0.1) is 11.6 Å². The zero-order valence-electron chi connectivity index (χ0n) is 6.88. The highest BCUT2D eigenvalue weighted by Gasteiger charge is 2.04. The van der Waals surface area contributed by atoms with E-state index in [1.165, 1.54) is 5.56 Å². The molecule has 0 aliphatic carbocycles. The molecule has 0 heterocycles. The quantitative estimate of drug-likeness (QED) is 0.808. The third-order valence-corrected chi connectivity index (χ3v) is 2.48. The monoisotopic (exact) mass is 246 g/mol. The van der Waals surface area contributed by atoms with Crippen LogP contribution in [-0.4, -0.2) is 12.9 Å². The van der Waals surface area contributed by atoms with Crippen LogP contribution in [0.25, 0.3) is 0 Å². The van der Waals surface area contributed by atoms with Crippen molar-refractivity contribution in [2.24, 2.45) is 0 Å². The van der Waals surface area contributed by atoms with Crippen molar-refractivity contribution < 1.29 is 4.74 Å². The van der Waals surface area contributed by atoms with E-state index in [0.29, 0.717) is 0 Å². The summed E-state index contributed by atoms with van der Waals surface area (Å²) >= 11 is 7.61. The maximum Gasteiger partial charge on any atom is 0.136 e. The first kappa shape index (κ1) is 9.93. The summed E-state index contributed by atoms with van der Waals surface area (Å²) < 4.78 is 6.25. The molecule has 3 heteroatoms. The predicted molar refractivity (Wildman–Crippen MR) is 58.3 cm³/mol. The first-order chi connectivity index (χ1) is 5.79. The van der Waals surface area contributed by atoms with Crippen LogP contribution >= 0.6 is 28.6 Å². The molecule has 0 aliphatic rings. The highest BCUT2D eigenvalue weighted by Crippen LogP contribution is 2.28. The fraction of sp³-hybridized carbons (Fsp3) is 0.333. The summed E-state index contributed by atoms with van der Waals surface area (Å²) in [5, 5.41) is 0. The molecule has 0 spiro atoms. The minimum absolute atomic E-state index is 0.840. The Hall–Kier alpha value is -0.150. The Morgan fingerprint density at radius 1 is 1.50 bits per heavy atom. The lowest BCUT2D eigenvalue weighted by atomic mass is 10.1. The Bertz CT molecular complexity index is 263. The van der Waals surface area contributed by atoms with E-state index in [1.54, 1.807) is 7.11 Å². The lowest BCUT2D eigenvalue weighted by molar-refractivity contribution is 0.407. The number of hydrogen-bond acceptors (Lipinski definition) is 2. The first-order valence-corrected chi connectivity index (χ1v) is 5.14. The van der Waals surface area contributed by atoms with E-state index in [0.717, 1.165) is 22.4 Å². The van der Waals surface area contributed by atoms with Gasteiger partial charge in [0.1, 0.15) is 5.75 Å². The second kappa shape index (κ2) is 4.77. The molecule has 0 bridgehead atoms. The van der Waals surface area contributed by atoms with Gasteiger partial charge in [-0.15, -0.1) is 0 Å². The molecule has 0 saturated carbocycles. The molecule has 66 valence electrons. The molecule has 1 rings (SSSR count). The van der Waals surface area contributed by atoms with Crippen molar-refractivity contribution in [2.75, 3.05) is 12.9 Å². The van der Waals surface area contributed by atoms with Gasteiger partial charge in [-0.05, 0) is 39.7 Å². The number of benzene rings is 1. The van der Waals surface area contributed by atoms with E-state index in [1.807, 2.05) is 12.1 Å². The molecule has 0 N–H and O–H groups in total. The molecule has 0 radical (unpaired) electrons. The molecule has 0 atom stereocenters.